The SMILES string of the molecule is CCOC(=O)c1sc(Cc2cccc(C)c2)nc1C. The summed E-state index contributed by atoms with van der Waals surface area (Å²) in [7, 11) is 0. The van der Waals surface area contributed by atoms with Crippen molar-refractivity contribution in [3.63, 3.8) is 0 Å². The fraction of sp³-hybridized carbons (Fsp3) is 0.333. The minimum atomic E-state index is -0.270. The number of thiazole rings is 1. The van der Waals surface area contributed by atoms with Crippen LogP contribution in [0.4, 0.5) is 0 Å². The molecule has 3 nitrogen and oxygen atoms in total. The van der Waals surface area contributed by atoms with Crippen molar-refractivity contribution in [1.82, 2.24) is 4.98 Å². The molecule has 0 bridgehead atoms. The third-order valence-corrected chi connectivity index (χ3v) is 3.88. The van der Waals surface area contributed by atoms with Gasteiger partial charge in [0.25, 0.3) is 0 Å². The number of rotatable bonds is 4. The Kier molecular flexibility index (Phi) is 4.32. The molecular weight excluding hydrogens is 258 g/mol. The third-order valence-electron chi connectivity index (χ3n) is 2.74. The van der Waals surface area contributed by atoms with Crippen molar-refractivity contribution in [3.05, 3.63) is 51.0 Å². The Labute approximate surface area is 117 Å². The number of nitrogens with zero attached hydrogens (tertiary/aromatic N) is 1. The lowest BCUT2D eigenvalue weighted by atomic mass is 10.1. The summed E-state index contributed by atoms with van der Waals surface area (Å²) in [6, 6.07) is 8.33. The molecule has 1 aromatic carbocycles. The smallest absolute Gasteiger partial charge is 0.350 e. The highest BCUT2D eigenvalue weighted by molar-refractivity contribution is 7.13. The van der Waals surface area contributed by atoms with Crippen molar-refractivity contribution in [3.8, 4) is 0 Å². The van der Waals surface area contributed by atoms with Gasteiger partial charge in [-0.25, -0.2) is 9.78 Å². The number of aromatic nitrogens is 1. The van der Waals surface area contributed by atoms with Gasteiger partial charge in [-0.3, -0.25) is 0 Å². The number of ether oxygens (including phenoxy) is 1. The lowest BCUT2D eigenvalue weighted by molar-refractivity contribution is 0.0531. The highest BCUT2D eigenvalue weighted by Crippen LogP contribution is 2.22. The van der Waals surface area contributed by atoms with Crippen LogP contribution in [0.1, 0.15) is 38.4 Å². The molecule has 0 amide bonds. The molecule has 0 aliphatic carbocycles. The fourth-order valence-corrected chi connectivity index (χ4v) is 2.90. The Bertz CT molecular complexity index is 590. The molecule has 0 fully saturated rings. The van der Waals surface area contributed by atoms with E-state index < -0.39 is 0 Å². The normalized spacial score (nSPS) is 10.5. The van der Waals surface area contributed by atoms with Crippen molar-refractivity contribution in [2.75, 3.05) is 6.61 Å². The number of carbonyl (C=O) groups is 1. The van der Waals surface area contributed by atoms with Crippen LogP contribution in [0.3, 0.4) is 0 Å². The Morgan fingerprint density at radius 3 is 2.84 bits per heavy atom. The topological polar surface area (TPSA) is 39.2 Å². The largest absolute Gasteiger partial charge is 0.462 e. The predicted molar refractivity (Wildman–Crippen MR) is 76.8 cm³/mol. The van der Waals surface area contributed by atoms with Gasteiger partial charge in [-0.05, 0) is 26.3 Å². The van der Waals surface area contributed by atoms with Gasteiger partial charge >= 0.3 is 5.97 Å². The van der Waals surface area contributed by atoms with Gasteiger partial charge in [0, 0.05) is 6.42 Å². The Morgan fingerprint density at radius 1 is 1.37 bits per heavy atom. The van der Waals surface area contributed by atoms with E-state index >= 15 is 0 Å². The average Bonchev–Trinajstić information content (AvgIpc) is 2.70. The minimum Gasteiger partial charge on any atom is -0.462 e. The standard InChI is InChI=1S/C15H17NO2S/c1-4-18-15(17)14-11(3)16-13(19-14)9-12-7-5-6-10(2)8-12/h5-8H,4,9H2,1-3H3. The van der Waals surface area contributed by atoms with E-state index in [1.165, 1.54) is 22.5 Å². The molecule has 0 spiro atoms. The summed E-state index contributed by atoms with van der Waals surface area (Å²) < 4.78 is 5.02. The van der Waals surface area contributed by atoms with E-state index in [2.05, 4.69) is 30.1 Å². The van der Waals surface area contributed by atoms with Crippen LogP contribution in [0, 0.1) is 13.8 Å². The van der Waals surface area contributed by atoms with Gasteiger partial charge in [0.15, 0.2) is 0 Å². The Balaban J connectivity index is 2.18. The van der Waals surface area contributed by atoms with Crippen LogP contribution >= 0.6 is 11.3 Å². The molecule has 1 aromatic heterocycles. The summed E-state index contributed by atoms with van der Waals surface area (Å²) in [5.74, 6) is -0.270. The van der Waals surface area contributed by atoms with E-state index in [4.69, 9.17) is 4.74 Å². The van der Waals surface area contributed by atoms with Gasteiger partial charge in [-0.2, -0.15) is 0 Å². The molecule has 0 saturated carbocycles. The molecule has 0 radical (unpaired) electrons. The molecular formula is C15H17NO2S. The van der Waals surface area contributed by atoms with Crippen LogP contribution in [0.5, 0.6) is 0 Å². The minimum absolute atomic E-state index is 0.270. The summed E-state index contributed by atoms with van der Waals surface area (Å²) in [5, 5.41) is 0.950. The number of esters is 1. The molecule has 19 heavy (non-hydrogen) atoms. The van der Waals surface area contributed by atoms with Crippen molar-refractivity contribution in [2.24, 2.45) is 0 Å². The molecule has 2 aromatic rings. The van der Waals surface area contributed by atoms with Crippen LogP contribution in [0.25, 0.3) is 0 Å². The van der Waals surface area contributed by atoms with Crippen molar-refractivity contribution in [1.29, 1.82) is 0 Å². The molecule has 1 heterocycles. The zero-order valence-corrected chi connectivity index (χ0v) is 12.2. The van der Waals surface area contributed by atoms with Crippen molar-refractivity contribution >= 4 is 17.3 Å². The zero-order chi connectivity index (χ0) is 13.8. The summed E-state index contributed by atoms with van der Waals surface area (Å²) in [5.41, 5.74) is 3.20. The van der Waals surface area contributed by atoms with E-state index in [1.807, 2.05) is 19.9 Å². The summed E-state index contributed by atoms with van der Waals surface area (Å²) >= 11 is 1.42. The van der Waals surface area contributed by atoms with Gasteiger partial charge < -0.3 is 4.74 Å². The Hall–Kier alpha value is -1.68. The number of carbonyl (C=O) groups excluding carboxylic acids is 1. The second kappa shape index (κ2) is 5.97. The zero-order valence-electron chi connectivity index (χ0n) is 11.4. The maximum absolute atomic E-state index is 11.7. The summed E-state index contributed by atoms with van der Waals surface area (Å²) in [6.07, 6.45) is 0.757. The maximum atomic E-state index is 11.7. The van der Waals surface area contributed by atoms with E-state index in [-0.39, 0.29) is 5.97 Å². The molecule has 4 heteroatoms. The molecule has 0 unspecified atom stereocenters. The van der Waals surface area contributed by atoms with Gasteiger partial charge in [-0.1, -0.05) is 29.8 Å². The first-order valence-corrected chi connectivity index (χ1v) is 7.10. The van der Waals surface area contributed by atoms with E-state index in [0.29, 0.717) is 11.5 Å². The van der Waals surface area contributed by atoms with Gasteiger partial charge in [0.1, 0.15) is 4.88 Å². The van der Waals surface area contributed by atoms with E-state index in [0.717, 1.165) is 17.1 Å². The first-order valence-electron chi connectivity index (χ1n) is 6.29. The molecule has 0 N–H and O–H groups in total. The highest BCUT2D eigenvalue weighted by Gasteiger charge is 2.16. The molecule has 0 aliphatic heterocycles. The quantitative estimate of drug-likeness (QED) is 0.801. The third kappa shape index (κ3) is 3.41. The fourth-order valence-electron chi connectivity index (χ4n) is 1.91. The molecule has 100 valence electrons. The molecule has 0 aliphatic rings. The summed E-state index contributed by atoms with van der Waals surface area (Å²) in [4.78, 5) is 16.8. The van der Waals surface area contributed by atoms with Crippen LogP contribution in [-0.4, -0.2) is 17.6 Å². The van der Waals surface area contributed by atoms with Crippen molar-refractivity contribution < 1.29 is 9.53 Å². The van der Waals surface area contributed by atoms with Gasteiger partial charge in [-0.15, -0.1) is 11.3 Å². The van der Waals surface area contributed by atoms with Crippen molar-refractivity contribution in [2.45, 2.75) is 27.2 Å². The second-order valence-electron chi connectivity index (χ2n) is 4.41. The number of benzene rings is 1. The van der Waals surface area contributed by atoms with E-state index in [1.54, 1.807) is 0 Å². The second-order valence-corrected chi connectivity index (χ2v) is 5.49. The first kappa shape index (κ1) is 13.7. The van der Waals surface area contributed by atoms with Crippen LogP contribution in [0.15, 0.2) is 24.3 Å². The van der Waals surface area contributed by atoms with Crippen LogP contribution in [-0.2, 0) is 11.2 Å². The molecule has 2 rings (SSSR count). The van der Waals surface area contributed by atoms with Gasteiger partial charge in [0.05, 0.1) is 17.3 Å². The Morgan fingerprint density at radius 2 is 2.16 bits per heavy atom. The maximum Gasteiger partial charge on any atom is 0.350 e. The van der Waals surface area contributed by atoms with Gasteiger partial charge in [0.2, 0.25) is 0 Å². The average molecular weight is 275 g/mol. The number of hydrogen-bond acceptors (Lipinski definition) is 4. The predicted octanol–water partition coefficient (Wildman–Crippen LogP) is 3.53. The first-order chi connectivity index (χ1) is 9.10. The number of hydrogen-bond donors (Lipinski definition) is 0. The number of aryl methyl sites for hydroxylation is 2. The summed E-state index contributed by atoms with van der Waals surface area (Å²) in [6.45, 7) is 6.12. The molecule has 0 saturated heterocycles. The monoisotopic (exact) mass is 275 g/mol. The molecule has 0 atom stereocenters. The lowest BCUT2D eigenvalue weighted by Crippen LogP contribution is -2.03. The highest BCUT2D eigenvalue weighted by atomic mass is 32.1. The lowest BCUT2D eigenvalue weighted by Gasteiger charge is -1.99. The van der Waals surface area contributed by atoms with E-state index in [9.17, 15) is 4.79 Å². The van der Waals surface area contributed by atoms with Crippen LogP contribution < -0.4 is 0 Å². The van der Waals surface area contributed by atoms with Crippen LogP contribution in [0.2, 0.25) is 0 Å².